The van der Waals surface area contributed by atoms with E-state index >= 15 is 0 Å². The molecule has 0 unspecified atom stereocenters. The number of ether oxygens (including phenoxy) is 2. The third-order valence-corrected chi connectivity index (χ3v) is 2.20. The molecule has 0 amide bonds. The van der Waals surface area contributed by atoms with Gasteiger partial charge in [-0.1, -0.05) is 24.3 Å². The van der Waals surface area contributed by atoms with Crippen molar-refractivity contribution in [3.8, 4) is 17.2 Å². The fraction of sp³-hybridized carbons (Fsp3) is 0.0714. The fourth-order valence-electron chi connectivity index (χ4n) is 1.41. The van der Waals surface area contributed by atoms with Crippen LogP contribution in [-0.4, -0.2) is 7.11 Å². The van der Waals surface area contributed by atoms with Gasteiger partial charge in [-0.05, 0) is 36.8 Å². The summed E-state index contributed by atoms with van der Waals surface area (Å²) in [6.45, 7) is 3.84. The van der Waals surface area contributed by atoms with Gasteiger partial charge in [0.25, 0.3) is 0 Å². The third-order valence-electron chi connectivity index (χ3n) is 2.20. The summed E-state index contributed by atoms with van der Waals surface area (Å²) in [5, 5.41) is 0. The Balaban J connectivity index is 2.28. The molecule has 81 valence electrons. The Morgan fingerprint density at radius 1 is 0.938 bits per heavy atom. The van der Waals surface area contributed by atoms with Crippen molar-refractivity contribution in [3.05, 3.63) is 61.0 Å². The first kappa shape index (κ1) is 10.6. The van der Waals surface area contributed by atoms with Crippen LogP contribution in [0.5, 0.6) is 17.2 Å². The molecule has 0 aliphatic heterocycles. The van der Waals surface area contributed by atoms with Crippen molar-refractivity contribution < 1.29 is 9.47 Å². The number of methoxy groups -OCH3 is 1. The third kappa shape index (κ3) is 2.34. The van der Waals surface area contributed by atoms with Crippen LogP contribution in [0.2, 0.25) is 0 Å². The van der Waals surface area contributed by atoms with E-state index in [9.17, 15) is 0 Å². The minimum absolute atomic E-state index is 0.691. The molecular formula is C14H13O2. The zero-order chi connectivity index (χ0) is 11.4. The van der Waals surface area contributed by atoms with Gasteiger partial charge in [-0.15, -0.1) is 0 Å². The summed E-state index contributed by atoms with van der Waals surface area (Å²) in [5.74, 6) is 2.18. The normalized spacial score (nSPS) is 9.88. The standard InChI is InChI=1S/C14H13O2/c1-11-8-9-13(14(10-11)15-2)16-12-6-4-3-5-7-12/h3-10H,1H2,2H3. The summed E-state index contributed by atoms with van der Waals surface area (Å²) in [6.07, 6.45) is 0. The van der Waals surface area contributed by atoms with Crippen LogP contribution in [0, 0.1) is 6.92 Å². The van der Waals surface area contributed by atoms with E-state index in [1.807, 2.05) is 48.5 Å². The van der Waals surface area contributed by atoms with Crippen molar-refractivity contribution in [1.82, 2.24) is 0 Å². The minimum Gasteiger partial charge on any atom is -0.493 e. The molecule has 0 saturated carbocycles. The number of para-hydroxylation sites is 1. The highest BCUT2D eigenvalue weighted by molar-refractivity contribution is 5.45. The maximum atomic E-state index is 5.70. The molecule has 0 atom stereocenters. The Bertz CT molecular complexity index is 463. The molecule has 1 radical (unpaired) electrons. The van der Waals surface area contributed by atoms with Gasteiger partial charge >= 0.3 is 0 Å². The average molecular weight is 213 g/mol. The molecule has 2 aromatic rings. The Morgan fingerprint density at radius 2 is 1.69 bits per heavy atom. The quantitative estimate of drug-likeness (QED) is 0.774. The predicted octanol–water partition coefficient (Wildman–Crippen LogP) is 3.67. The Morgan fingerprint density at radius 3 is 2.38 bits per heavy atom. The summed E-state index contributed by atoms with van der Waals surface area (Å²) in [5.41, 5.74) is 0.900. The molecule has 0 fully saturated rings. The van der Waals surface area contributed by atoms with Gasteiger partial charge in [-0.3, -0.25) is 0 Å². The molecule has 0 aromatic heterocycles. The van der Waals surface area contributed by atoms with Gasteiger partial charge in [0.2, 0.25) is 0 Å². The molecule has 16 heavy (non-hydrogen) atoms. The van der Waals surface area contributed by atoms with E-state index in [0.29, 0.717) is 11.5 Å². The van der Waals surface area contributed by atoms with E-state index in [4.69, 9.17) is 9.47 Å². The van der Waals surface area contributed by atoms with E-state index in [0.717, 1.165) is 11.3 Å². The van der Waals surface area contributed by atoms with Crippen LogP contribution in [0.4, 0.5) is 0 Å². The topological polar surface area (TPSA) is 18.5 Å². The van der Waals surface area contributed by atoms with Gasteiger partial charge in [0.15, 0.2) is 11.5 Å². The first-order valence-corrected chi connectivity index (χ1v) is 5.02. The van der Waals surface area contributed by atoms with Gasteiger partial charge < -0.3 is 9.47 Å². The molecule has 0 N–H and O–H groups in total. The fourth-order valence-corrected chi connectivity index (χ4v) is 1.41. The van der Waals surface area contributed by atoms with Crippen LogP contribution in [0.15, 0.2) is 48.5 Å². The lowest BCUT2D eigenvalue weighted by molar-refractivity contribution is 0.378. The van der Waals surface area contributed by atoms with Gasteiger partial charge in [0, 0.05) is 0 Å². The molecule has 0 aliphatic carbocycles. The highest BCUT2D eigenvalue weighted by atomic mass is 16.5. The maximum absolute atomic E-state index is 5.70. The molecular weight excluding hydrogens is 200 g/mol. The molecule has 2 heteroatoms. The van der Waals surface area contributed by atoms with Crippen molar-refractivity contribution in [2.24, 2.45) is 0 Å². The summed E-state index contributed by atoms with van der Waals surface area (Å²) in [6, 6.07) is 15.2. The summed E-state index contributed by atoms with van der Waals surface area (Å²) in [7, 11) is 1.62. The van der Waals surface area contributed by atoms with Crippen molar-refractivity contribution in [2.45, 2.75) is 0 Å². The molecule has 2 rings (SSSR count). The van der Waals surface area contributed by atoms with Crippen molar-refractivity contribution in [2.75, 3.05) is 7.11 Å². The lowest BCUT2D eigenvalue weighted by atomic mass is 10.2. The molecule has 0 heterocycles. The summed E-state index contributed by atoms with van der Waals surface area (Å²) >= 11 is 0. The van der Waals surface area contributed by atoms with E-state index in [2.05, 4.69) is 6.92 Å². The second-order valence-corrected chi connectivity index (χ2v) is 3.40. The number of rotatable bonds is 3. The van der Waals surface area contributed by atoms with Crippen molar-refractivity contribution in [3.63, 3.8) is 0 Å². The van der Waals surface area contributed by atoms with E-state index < -0.39 is 0 Å². The second-order valence-electron chi connectivity index (χ2n) is 3.40. The lowest BCUT2D eigenvalue weighted by Gasteiger charge is -2.10. The minimum atomic E-state index is 0.691. The van der Waals surface area contributed by atoms with Crippen LogP contribution in [0.3, 0.4) is 0 Å². The van der Waals surface area contributed by atoms with E-state index in [1.165, 1.54) is 0 Å². The smallest absolute Gasteiger partial charge is 0.169 e. The first-order chi connectivity index (χ1) is 7.79. The Labute approximate surface area is 95.4 Å². The molecule has 2 aromatic carbocycles. The zero-order valence-corrected chi connectivity index (χ0v) is 9.14. The van der Waals surface area contributed by atoms with Gasteiger partial charge in [0.05, 0.1) is 7.11 Å². The highest BCUT2D eigenvalue weighted by Crippen LogP contribution is 2.31. The van der Waals surface area contributed by atoms with Crippen LogP contribution in [0.1, 0.15) is 5.56 Å². The van der Waals surface area contributed by atoms with Crippen LogP contribution in [-0.2, 0) is 0 Å². The number of benzene rings is 2. The van der Waals surface area contributed by atoms with Gasteiger partial charge in [-0.25, -0.2) is 0 Å². The molecule has 0 saturated heterocycles. The molecule has 0 bridgehead atoms. The highest BCUT2D eigenvalue weighted by Gasteiger charge is 2.04. The van der Waals surface area contributed by atoms with Gasteiger partial charge in [0.1, 0.15) is 5.75 Å². The first-order valence-electron chi connectivity index (χ1n) is 5.02. The Kier molecular flexibility index (Phi) is 3.10. The van der Waals surface area contributed by atoms with Crippen LogP contribution in [0.25, 0.3) is 0 Å². The maximum Gasteiger partial charge on any atom is 0.169 e. The Hall–Kier alpha value is -1.96. The van der Waals surface area contributed by atoms with E-state index in [-0.39, 0.29) is 0 Å². The SMILES string of the molecule is [CH2]c1ccc(Oc2ccccc2)c(OC)c1. The van der Waals surface area contributed by atoms with Crippen molar-refractivity contribution >= 4 is 0 Å². The molecule has 0 spiro atoms. The average Bonchev–Trinajstić information content (AvgIpc) is 2.33. The zero-order valence-electron chi connectivity index (χ0n) is 9.14. The van der Waals surface area contributed by atoms with E-state index in [1.54, 1.807) is 7.11 Å². The molecule has 2 nitrogen and oxygen atoms in total. The molecule has 0 aliphatic rings. The predicted molar refractivity (Wildman–Crippen MR) is 64.0 cm³/mol. The van der Waals surface area contributed by atoms with Crippen molar-refractivity contribution in [1.29, 1.82) is 0 Å². The summed E-state index contributed by atoms with van der Waals surface area (Å²) < 4.78 is 10.9. The van der Waals surface area contributed by atoms with Crippen LogP contribution >= 0.6 is 0 Å². The summed E-state index contributed by atoms with van der Waals surface area (Å²) in [4.78, 5) is 0. The largest absolute Gasteiger partial charge is 0.493 e. The van der Waals surface area contributed by atoms with Gasteiger partial charge in [-0.2, -0.15) is 0 Å². The monoisotopic (exact) mass is 213 g/mol. The lowest BCUT2D eigenvalue weighted by Crippen LogP contribution is -1.90. The number of hydrogen-bond donors (Lipinski definition) is 0. The number of hydrogen-bond acceptors (Lipinski definition) is 2. The van der Waals surface area contributed by atoms with Crippen LogP contribution < -0.4 is 9.47 Å². The second kappa shape index (κ2) is 4.71.